The highest BCUT2D eigenvalue weighted by molar-refractivity contribution is 5.78. The van der Waals surface area contributed by atoms with Crippen LogP contribution in [0.1, 0.15) is 29.6 Å². The summed E-state index contributed by atoms with van der Waals surface area (Å²) in [5.41, 5.74) is 0.346. The van der Waals surface area contributed by atoms with E-state index in [0.717, 1.165) is 0 Å². The number of carbonyl (C=O) groups is 2. The number of hydrogen-bond donors (Lipinski definition) is 0. The number of carbonyl (C=O) groups excluding carboxylic acids is 2. The molecule has 1 unspecified atom stereocenters. The number of benzene rings is 1. The highest BCUT2D eigenvalue weighted by Gasteiger charge is 2.17. The fraction of sp³-hybridized carbons (Fsp3) is 0.375. The van der Waals surface area contributed by atoms with E-state index < -0.39 is 12.1 Å². The van der Waals surface area contributed by atoms with Crippen molar-refractivity contribution in [2.75, 3.05) is 14.2 Å². The van der Waals surface area contributed by atoms with Gasteiger partial charge in [0.15, 0.2) is 17.6 Å². The molecule has 118 valence electrons. The molecular weight excluding hydrogens is 288 g/mol. The van der Waals surface area contributed by atoms with Gasteiger partial charge in [-0.05, 0) is 31.4 Å². The molecule has 0 heterocycles. The molecule has 0 aliphatic rings. The van der Waals surface area contributed by atoms with Gasteiger partial charge in [0.2, 0.25) is 5.75 Å². The molecule has 6 nitrogen and oxygen atoms in total. The van der Waals surface area contributed by atoms with Crippen LogP contribution < -0.4 is 19.3 Å². The average molecular weight is 305 g/mol. The first-order chi connectivity index (χ1) is 10.5. The van der Waals surface area contributed by atoms with Crippen molar-refractivity contribution in [1.82, 2.24) is 0 Å². The molecule has 1 aromatic carbocycles. The third kappa shape index (κ3) is 4.70. The van der Waals surface area contributed by atoms with E-state index in [2.05, 4.69) is 5.92 Å². The number of rotatable bonds is 9. The van der Waals surface area contributed by atoms with E-state index in [9.17, 15) is 14.7 Å². The smallest absolute Gasteiger partial charge is 0.203 e. The lowest BCUT2D eigenvalue weighted by molar-refractivity contribution is -0.305. The van der Waals surface area contributed by atoms with Gasteiger partial charge in [0.25, 0.3) is 0 Å². The largest absolute Gasteiger partial charge is 0.550 e. The molecular formula is C16H17O6-. The van der Waals surface area contributed by atoms with Crippen LogP contribution in [-0.2, 0) is 4.79 Å². The molecule has 1 atom stereocenters. The second-order valence-corrected chi connectivity index (χ2v) is 4.41. The topological polar surface area (TPSA) is 84.9 Å². The Kier molecular flexibility index (Phi) is 6.77. The minimum absolute atomic E-state index is 0.101. The van der Waals surface area contributed by atoms with Gasteiger partial charge in [-0.1, -0.05) is 5.92 Å². The third-order valence-corrected chi connectivity index (χ3v) is 2.91. The Labute approximate surface area is 129 Å². The molecule has 0 aliphatic carbocycles. The summed E-state index contributed by atoms with van der Waals surface area (Å²) < 4.78 is 16.0. The summed E-state index contributed by atoms with van der Waals surface area (Å²) in [6.07, 6.45) is 5.94. The molecule has 0 fully saturated rings. The fourth-order valence-corrected chi connectivity index (χ4v) is 1.87. The predicted molar refractivity (Wildman–Crippen MR) is 77.0 cm³/mol. The van der Waals surface area contributed by atoms with E-state index in [-0.39, 0.29) is 12.2 Å². The Hall–Kier alpha value is -2.68. The quantitative estimate of drug-likeness (QED) is 0.496. The Morgan fingerprint density at radius 2 is 2.05 bits per heavy atom. The second kappa shape index (κ2) is 8.57. The van der Waals surface area contributed by atoms with Gasteiger partial charge in [-0.2, -0.15) is 0 Å². The van der Waals surface area contributed by atoms with E-state index in [4.69, 9.17) is 20.6 Å². The minimum Gasteiger partial charge on any atom is -0.550 e. The van der Waals surface area contributed by atoms with Gasteiger partial charge in [0.1, 0.15) is 6.29 Å². The van der Waals surface area contributed by atoms with Crippen LogP contribution >= 0.6 is 0 Å². The Morgan fingerprint density at radius 3 is 2.55 bits per heavy atom. The van der Waals surface area contributed by atoms with E-state index in [1.54, 1.807) is 0 Å². The normalized spacial score (nSPS) is 11.1. The van der Waals surface area contributed by atoms with Crippen LogP contribution in [-0.4, -0.2) is 32.6 Å². The van der Waals surface area contributed by atoms with Gasteiger partial charge in [-0.25, -0.2) is 0 Å². The molecule has 1 aromatic rings. The summed E-state index contributed by atoms with van der Waals surface area (Å²) in [6.45, 7) is 0. The van der Waals surface area contributed by atoms with Crippen LogP contribution in [0.3, 0.4) is 0 Å². The predicted octanol–water partition coefficient (Wildman–Crippen LogP) is 0.817. The summed E-state index contributed by atoms with van der Waals surface area (Å²) >= 11 is 0. The molecule has 1 rings (SSSR count). The zero-order valence-electron chi connectivity index (χ0n) is 12.5. The van der Waals surface area contributed by atoms with E-state index in [1.807, 2.05) is 0 Å². The SMILES string of the molecule is C#CC(CCCC(=O)[O-])Oc1cc(C=O)cc(OC)c1OC. The zero-order valence-corrected chi connectivity index (χ0v) is 12.5. The summed E-state index contributed by atoms with van der Waals surface area (Å²) in [5, 5.41) is 10.4. The van der Waals surface area contributed by atoms with Gasteiger partial charge in [0, 0.05) is 11.5 Å². The van der Waals surface area contributed by atoms with Gasteiger partial charge in [-0.15, -0.1) is 6.42 Å². The molecule has 0 amide bonds. The highest BCUT2D eigenvalue weighted by atomic mass is 16.5. The summed E-state index contributed by atoms with van der Waals surface area (Å²) in [5.74, 6) is 2.21. The van der Waals surface area contributed by atoms with Crippen LogP contribution in [0.25, 0.3) is 0 Å². The maximum atomic E-state index is 11.0. The van der Waals surface area contributed by atoms with E-state index >= 15 is 0 Å². The van der Waals surface area contributed by atoms with Gasteiger partial charge < -0.3 is 24.1 Å². The molecule has 22 heavy (non-hydrogen) atoms. The maximum Gasteiger partial charge on any atom is 0.203 e. The molecule has 0 saturated heterocycles. The number of hydrogen-bond acceptors (Lipinski definition) is 6. The number of terminal acetylenes is 1. The molecule has 0 spiro atoms. The lowest BCUT2D eigenvalue weighted by Gasteiger charge is -2.18. The first kappa shape index (κ1) is 17.4. The highest BCUT2D eigenvalue weighted by Crippen LogP contribution is 2.38. The van der Waals surface area contributed by atoms with Crippen molar-refractivity contribution in [2.24, 2.45) is 0 Å². The van der Waals surface area contributed by atoms with Crippen molar-refractivity contribution < 1.29 is 28.9 Å². The average Bonchev–Trinajstić information content (AvgIpc) is 2.52. The van der Waals surface area contributed by atoms with Gasteiger partial charge in [-0.3, -0.25) is 4.79 Å². The van der Waals surface area contributed by atoms with Crippen LogP contribution in [0, 0.1) is 12.3 Å². The molecule has 6 heteroatoms. The van der Waals surface area contributed by atoms with Gasteiger partial charge >= 0.3 is 0 Å². The summed E-state index contributed by atoms with van der Waals surface area (Å²) in [4.78, 5) is 21.4. The zero-order chi connectivity index (χ0) is 16.5. The lowest BCUT2D eigenvalue weighted by Crippen LogP contribution is -2.23. The second-order valence-electron chi connectivity index (χ2n) is 4.41. The molecule has 0 N–H and O–H groups in total. The van der Waals surface area contributed by atoms with E-state index in [0.29, 0.717) is 36.2 Å². The Morgan fingerprint density at radius 1 is 1.36 bits per heavy atom. The van der Waals surface area contributed by atoms with Crippen molar-refractivity contribution in [2.45, 2.75) is 25.4 Å². The third-order valence-electron chi connectivity index (χ3n) is 2.91. The van der Waals surface area contributed by atoms with Crippen LogP contribution in [0.5, 0.6) is 17.2 Å². The summed E-state index contributed by atoms with van der Waals surface area (Å²) in [6, 6.07) is 3.00. The number of ether oxygens (including phenoxy) is 3. The van der Waals surface area contributed by atoms with Gasteiger partial charge in [0.05, 0.1) is 14.2 Å². The number of carboxylic acids is 1. The van der Waals surface area contributed by atoms with Crippen molar-refractivity contribution >= 4 is 12.3 Å². The van der Waals surface area contributed by atoms with Crippen molar-refractivity contribution in [3.63, 3.8) is 0 Å². The van der Waals surface area contributed by atoms with Crippen LogP contribution in [0.4, 0.5) is 0 Å². The monoisotopic (exact) mass is 305 g/mol. The lowest BCUT2D eigenvalue weighted by atomic mass is 10.1. The van der Waals surface area contributed by atoms with Crippen molar-refractivity contribution in [1.29, 1.82) is 0 Å². The first-order valence-electron chi connectivity index (χ1n) is 6.59. The minimum atomic E-state index is -1.14. The van der Waals surface area contributed by atoms with Crippen molar-refractivity contribution in [3.05, 3.63) is 17.7 Å². The number of aldehydes is 1. The Bertz CT molecular complexity index is 573. The Balaban J connectivity index is 2.96. The van der Waals surface area contributed by atoms with E-state index in [1.165, 1.54) is 26.4 Å². The number of methoxy groups -OCH3 is 2. The molecule has 0 radical (unpaired) electrons. The van der Waals surface area contributed by atoms with Crippen LogP contribution in [0.2, 0.25) is 0 Å². The number of carboxylic acid groups (broad SMARTS) is 1. The van der Waals surface area contributed by atoms with Crippen molar-refractivity contribution in [3.8, 4) is 29.6 Å². The number of aliphatic carboxylic acids is 1. The summed E-state index contributed by atoms with van der Waals surface area (Å²) in [7, 11) is 2.88. The maximum absolute atomic E-state index is 11.0. The standard InChI is InChI=1S/C16H18O6/c1-4-12(6-5-7-15(18)19)22-14-9-11(10-17)8-13(20-2)16(14)21-3/h1,8-10,12H,5-7H2,2-3H3,(H,18,19)/p-1. The molecule has 0 saturated carbocycles. The van der Waals surface area contributed by atoms with Crippen LogP contribution in [0.15, 0.2) is 12.1 Å². The first-order valence-corrected chi connectivity index (χ1v) is 6.59. The molecule has 0 aliphatic heterocycles. The molecule has 0 aromatic heterocycles. The fourth-order valence-electron chi connectivity index (χ4n) is 1.87. The molecule has 0 bridgehead atoms.